The molecule has 3 atom stereocenters. The molecule has 0 radical (unpaired) electrons. The number of hydrogen-bond donors (Lipinski definition) is 6. The molecular weight excluding hydrogens is 603 g/mol. The average Bonchev–Trinajstić information content (AvgIpc) is 3.48. The van der Waals surface area contributed by atoms with Crippen molar-refractivity contribution in [1.82, 2.24) is 23.9 Å². The quantitative estimate of drug-likeness (QED) is 0.0733. The van der Waals surface area contributed by atoms with Gasteiger partial charge in [-0.05, 0) is 0 Å². The van der Waals surface area contributed by atoms with Crippen molar-refractivity contribution in [2.75, 3.05) is 30.4 Å². The topological polar surface area (TPSA) is 268 Å². The summed E-state index contributed by atoms with van der Waals surface area (Å²) in [6, 6.07) is -1.06. The molecule has 0 saturated carbocycles. The summed E-state index contributed by atoms with van der Waals surface area (Å²) < 4.78 is 6.28. The van der Waals surface area contributed by atoms with Crippen molar-refractivity contribution < 1.29 is 44.1 Å². The molecule has 2 amide bonds. The van der Waals surface area contributed by atoms with Crippen LogP contribution in [0.25, 0.3) is 0 Å². The zero-order chi connectivity index (χ0) is 28.5. The van der Waals surface area contributed by atoms with E-state index in [9.17, 15) is 39.0 Å². The van der Waals surface area contributed by atoms with E-state index in [1.54, 1.807) is 0 Å². The molecular formula is C18H17N7O10S4. The minimum atomic E-state index is -1.46. The van der Waals surface area contributed by atoms with Crippen molar-refractivity contribution in [2.24, 2.45) is 10.6 Å². The minimum absolute atomic E-state index is 0.00253. The molecule has 0 aromatic carbocycles. The number of aliphatic carboxylic acids is 2. The molecule has 0 aliphatic carbocycles. The van der Waals surface area contributed by atoms with Crippen LogP contribution in [0.15, 0.2) is 14.2 Å². The van der Waals surface area contributed by atoms with Crippen LogP contribution in [-0.2, 0) is 24.0 Å². The van der Waals surface area contributed by atoms with Crippen LogP contribution < -0.4 is 16.6 Å². The Balaban J connectivity index is 1.45. The predicted molar refractivity (Wildman–Crippen MR) is 137 cm³/mol. The second kappa shape index (κ2) is 11.2. The van der Waals surface area contributed by atoms with Crippen LogP contribution in [0.3, 0.4) is 0 Å². The Hall–Kier alpha value is -3.69. The van der Waals surface area contributed by atoms with E-state index in [2.05, 4.69) is 29.0 Å². The van der Waals surface area contributed by atoms with Crippen LogP contribution in [-0.4, -0.2) is 105 Å². The highest BCUT2D eigenvalue weighted by Crippen LogP contribution is 2.45. The molecule has 0 spiro atoms. The molecule has 2 saturated heterocycles. The molecule has 4 rings (SSSR count). The minimum Gasteiger partial charge on any atom is -0.481 e. The van der Waals surface area contributed by atoms with Gasteiger partial charge >= 0.3 is 17.9 Å². The molecule has 4 heterocycles. The van der Waals surface area contributed by atoms with Gasteiger partial charge in [0.2, 0.25) is 24.1 Å². The third kappa shape index (κ3) is 5.69. The summed E-state index contributed by atoms with van der Waals surface area (Å²) in [7, 11) is 0. The number of amides is 2. The van der Waals surface area contributed by atoms with Crippen molar-refractivity contribution in [3.05, 3.63) is 21.7 Å². The number of carboxylic acid groups (broad SMARTS) is 3. The fraction of sp³-hybridized carbons (Fsp3) is 0.389. The van der Waals surface area contributed by atoms with Gasteiger partial charge < -0.3 is 36.1 Å². The van der Waals surface area contributed by atoms with Crippen molar-refractivity contribution in [1.29, 1.82) is 0 Å². The van der Waals surface area contributed by atoms with Crippen LogP contribution in [0, 0.1) is 5.41 Å². The largest absolute Gasteiger partial charge is 0.481 e. The normalized spacial score (nSPS) is 22.5. The molecule has 21 heteroatoms. The Bertz CT molecular complexity index is 1440. The number of carboxylic acids is 3. The van der Waals surface area contributed by atoms with Crippen LogP contribution in [0.1, 0.15) is 16.2 Å². The number of thioether (sulfide) groups is 2. The molecule has 208 valence electrons. The lowest BCUT2D eigenvalue weighted by molar-refractivity contribution is -0.157. The monoisotopic (exact) mass is 619 g/mol. The van der Waals surface area contributed by atoms with Gasteiger partial charge in [-0.25, -0.2) is 9.59 Å². The molecule has 2 aliphatic rings. The maximum absolute atomic E-state index is 12.9. The van der Waals surface area contributed by atoms with E-state index in [1.807, 2.05) is 0 Å². The van der Waals surface area contributed by atoms with Gasteiger partial charge in [-0.2, -0.15) is 9.36 Å². The van der Waals surface area contributed by atoms with Gasteiger partial charge in [-0.15, -0.1) is 23.5 Å². The van der Waals surface area contributed by atoms with Gasteiger partial charge in [0, 0.05) is 29.6 Å². The van der Waals surface area contributed by atoms with Gasteiger partial charge in [-0.3, -0.25) is 23.6 Å². The first-order valence-corrected chi connectivity index (χ1v) is 14.1. The standard InChI is InChI=1S/C18H17N7O10S4/c19-17-21-9(23-39-17)7(22-35-1-5(26)27)11(29)20-8-12(30)25-2-18(16(33)34,3-36-13(8)25)4-37-15-6(14(31)32)10(28)24-38-15/h8,13H,1-4H2,(H,20,29)(H,24,28)(H,26,27)(H,31,32)(H,33,34)(H2,19,21,23)/t8?,13-,18?/m1/s1. The number of oxime groups is 1. The SMILES string of the molecule is Nc1nc(C(=NOCC(=O)O)C(=O)NC2C(=O)N3CC(CSc4s[nH]c(=O)c4C(=O)O)(C(=O)O)CS[C@H]23)ns1. The number of nitrogen functional groups attached to an aromatic ring is 1. The number of H-pyrrole nitrogens is 1. The summed E-state index contributed by atoms with van der Waals surface area (Å²) in [5, 5.41) is 33.3. The number of rotatable bonds is 11. The number of nitrogens with two attached hydrogens (primary N) is 1. The second-order valence-electron chi connectivity index (χ2n) is 8.06. The van der Waals surface area contributed by atoms with Crippen LogP contribution in [0.4, 0.5) is 5.13 Å². The number of aromatic nitrogens is 3. The molecule has 2 fully saturated rings. The Morgan fingerprint density at radius 1 is 1.28 bits per heavy atom. The number of carbonyl (C=O) groups is 5. The number of β-lactam (4-membered cyclic amide) rings is 1. The van der Waals surface area contributed by atoms with E-state index in [0.29, 0.717) is 0 Å². The highest BCUT2D eigenvalue weighted by atomic mass is 32.2. The maximum Gasteiger partial charge on any atom is 0.344 e. The Kier molecular flexibility index (Phi) is 8.13. The zero-order valence-corrected chi connectivity index (χ0v) is 22.4. The van der Waals surface area contributed by atoms with E-state index >= 15 is 0 Å². The lowest BCUT2D eigenvalue weighted by atomic mass is 9.89. The van der Waals surface area contributed by atoms with Crippen molar-refractivity contribution in [2.45, 2.75) is 15.6 Å². The first-order valence-electron chi connectivity index (χ1n) is 10.5. The molecule has 39 heavy (non-hydrogen) atoms. The average molecular weight is 620 g/mol. The smallest absolute Gasteiger partial charge is 0.344 e. The highest BCUT2D eigenvalue weighted by Gasteiger charge is 2.57. The van der Waals surface area contributed by atoms with Crippen molar-refractivity contribution in [3.8, 4) is 0 Å². The van der Waals surface area contributed by atoms with E-state index in [4.69, 9.17) is 10.8 Å². The number of aromatic amines is 1. The third-order valence-corrected chi connectivity index (χ3v) is 10.0. The van der Waals surface area contributed by atoms with Crippen molar-refractivity contribution >= 4 is 87.2 Å². The number of nitrogens with zero attached hydrogens (tertiary/aromatic N) is 4. The Labute approximate surface area is 233 Å². The molecule has 7 N–H and O–H groups in total. The Morgan fingerprint density at radius 2 is 2.03 bits per heavy atom. The summed E-state index contributed by atoms with van der Waals surface area (Å²) in [6.45, 7) is -1.07. The molecule has 2 aromatic heterocycles. The van der Waals surface area contributed by atoms with Gasteiger partial charge in [0.25, 0.3) is 11.5 Å². The number of carbonyl (C=O) groups excluding carboxylic acids is 2. The number of hydrogen-bond acceptors (Lipinski definition) is 15. The molecule has 17 nitrogen and oxygen atoms in total. The number of nitrogens with one attached hydrogen (secondary N) is 2. The summed E-state index contributed by atoms with van der Waals surface area (Å²) >= 11 is 3.53. The number of anilines is 1. The number of fused-ring (bicyclic) bond motifs is 1. The van der Waals surface area contributed by atoms with Gasteiger partial charge in [0.05, 0.1) is 4.21 Å². The summed E-state index contributed by atoms with van der Waals surface area (Å²) in [5.74, 6) is -5.86. The molecule has 0 bridgehead atoms. The lowest BCUT2D eigenvalue weighted by Crippen LogP contribution is -2.74. The van der Waals surface area contributed by atoms with E-state index in [-0.39, 0.29) is 33.2 Å². The summed E-state index contributed by atoms with van der Waals surface area (Å²) in [5.41, 5.74) is 2.31. The van der Waals surface area contributed by atoms with E-state index in [1.165, 1.54) is 4.90 Å². The van der Waals surface area contributed by atoms with Gasteiger partial charge in [0.15, 0.2) is 10.7 Å². The van der Waals surface area contributed by atoms with E-state index in [0.717, 1.165) is 46.6 Å². The highest BCUT2D eigenvalue weighted by molar-refractivity contribution is 8.01. The maximum atomic E-state index is 12.9. The number of aromatic carboxylic acids is 1. The fourth-order valence-electron chi connectivity index (χ4n) is 3.56. The third-order valence-electron chi connectivity index (χ3n) is 5.46. The first kappa shape index (κ1) is 28.3. The zero-order valence-electron chi connectivity index (χ0n) is 19.2. The molecule has 2 aromatic rings. The first-order chi connectivity index (χ1) is 18.4. The van der Waals surface area contributed by atoms with Gasteiger partial charge in [-0.1, -0.05) is 16.7 Å². The molecule has 2 aliphatic heterocycles. The van der Waals surface area contributed by atoms with Gasteiger partial charge in [0.1, 0.15) is 16.8 Å². The van der Waals surface area contributed by atoms with Crippen LogP contribution in [0.2, 0.25) is 0 Å². The van der Waals surface area contributed by atoms with Crippen LogP contribution in [0.5, 0.6) is 0 Å². The van der Waals surface area contributed by atoms with E-state index < -0.39 is 70.0 Å². The fourth-order valence-corrected chi connectivity index (χ4v) is 7.82. The Morgan fingerprint density at radius 3 is 2.64 bits per heavy atom. The molecule has 2 unspecified atom stereocenters. The van der Waals surface area contributed by atoms with Crippen LogP contribution >= 0.6 is 46.6 Å². The lowest BCUT2D eigenvalue weighted by Gasteiger charge is -2.53. The predicted octanol–water partition coefficient (Wildman–Crippen LogP) is -1.36. The summed E-state index contributed by atoms with van der Waals surface area (Å²) in [4.78, 5) is 81.6. The van der Waals surface area contributed by atoms with Crippen molar-refractivity contribution in [3.63, 3.8) is 0 Å². The summed E-state index contributed by atoms with van der Waals surface area (Å²) in [6.07, 6.45) is 0. The second-order valence-corrected chi connectivity index (χ2v) is 12.0.